The van der Waals surface area contributed by atoms with Gasteiger partial charge in [-0.1, -0.05) is 60.7 Å². The maximum atomic E-state index is 14.7. The number of aryl methyl sites for hydroxylation is 1. The number of Topliss-reactive ketones (excluding diaryl/α,β-unsaturated/α-hetero) is 1. The van der Waals surface area contributed by atoms with Crippen LogP contribution in [0.25, 0.3) is 15.9 Å². The van der Waals surface area contributed by atoms with Crippen LogP contribution in [0.2, 0.25) is 0 Å². The first-order valence-electron chi connectivity index (χ1n) is 12.5. The quantitative estimate of drug-likeness (QED) is 0.284. The fraction of sp³-hybridized carbons (Fsp3) is 0.233. The SMILES string of the molecule is Cc1nn(-c2ccccc2)c2c1C[C@@](C(=O)c1ccccc1)(c1nc3ccccc3s1)[C@H]1CCCN21. The van der Waals surface area contributed by atoms with E-state index in [4.69, 9.17) is 10.1 Å². The van der Waals surface area contributed by atoms with Gasteiger partial charge in [-0.3, -0.25) is 4.79 Å². The fourth-order valence-electron chi connectivity index (χ4n) is 6.18. The van der Waals surface area contributed by atoms with Crippen molar-refractivity contribution in [2.24, 2.45) is 0 Å². The molecule has 36 heavy (non-hydrogen) atoms. The molecule has 2 aromatic heterocycles. The summed E-state index contributed by atoms with van der Waals surface area (Å²) in [5, 5.41) is 5.93. The van der Waals surface area contributed by atoms with Gasteiger partial charge in [-0.2, -0.15) is 5.10 Å². The first kappa shape index (κ1) is 21.5. The van der Waals surface area contributed by atoms with Crippen LogP contribution < -0.4 is 4.90 Å². The lowest BCUT2D eigenvalue weighted by atomic mass is 9.67. The Hall–Kier alpha value is -3.77. The number of carbonyl (C=O) groups excluding carboxylic acids is 1. The van der Waals surface area contributed by atoms with E-state index in [2.05, 4.69) is 40.8 Å². The molecule has 0 unspecified atom stereocenters. The predicted molar refractivity (Wildman–Crippen MR) is 144 cm³/mol. The largest absolute Gasteiger partial charge is 0.352 e. The molecule has 0 aliphatic carbocycles. The van der Waals surface area contributed by atoms with Gasteiger partial charge in [0.2, 0.25) is 0 Å². The average Bonchev–Trinajstić information content (AvgIpc) is 3.66. The summed E-state index contributed by atoms with van der Waals surface area (Å²) >= 11 is 1.67. The Labute approximate surface area is 214 Å². The number of fused-ring (bicyclic) bond motifs is 4. The zero-order valence-corrected chi connectivity index (χ0v) is 20.9. The highest BCUT2D eigenvalue weighted by Gasteiger charge is 2.57. The number of nitrogens with zero attached hydrogens (tertiary/aromatic N) is 4. The van der Waals surface area contributed by atoms with Gasteiger partial charge in [0.05, 0.1) is 27.6 Å². The number of carbonyl (C=O) groups is 1. The standard InChI is InChI=1S/C30H26N4OS/c1-20-23-19-30(27(35)21-11-4-2-5-12-21,29-31-24-15-8-9-16-25(24)36-29)26-17-10-18-33(26)28(23)34(32-20)22-13-6-3-7-14-22/h2-9,11-16,26H,10,17-19H2,1H3/t26-,30-/m1/s1. The van der Waals surface area contributed by atoms with Crippen LogP contribution in [-0.2, 0) is 11.8 Å². The molecule has 0 spiro atoms. The van der Waals surface area contributed by atoms with Crippen molar-refractivity contribution >= 4 is 33.2 Å². The van der Waals surface area contributed by atoms with E-state index in [1.807, 2.05) is 60.7 Å². The van der Waals surface area contributed by atoms with Crippen LogP contribution in [0.5, 0.6) is 0 Å². The first-order valence-corrected chi connectivity index (χ1v) is 13.3. The number of hydrogen-bond donors (Lipinski definition) is 0. The molecule has 4 heterocycles. The highest BCUT2D eigenvalue weighted by molar-refractivity contribution is 7.18. The second-order valence-electron chi connectivity index (χ2n) is 9.82. The third-order valence-electron chi connectivity index (χ3n) is 7.82. The molecule has 0 amide bonds. The minimum atomic E-state index is -0.760. The zero-order chi connectivity index (χ0) is 24.3. The van der Waals surface area contributed by atoms with Crippen LogP contribution in [0.3, 0.4) is 0 Å². The molecule has 5 aromatic rings. The van der Waals surface area contributed by atoms with Crippen molar-refractivity contribution in [1.82, 2.24) is 14.8 Å². The van der Waals surface area contributed by atoms with Crippen molar-refractivity contribution in [3.8, 4) is 5.69 Å². The molecule has 2 aliphatic heterocycles. The molecule has 0 radical (unpaired) electrons. The van der Waals surface area contributed by atoms with Gasteiger partial charge in [-0.25, -0.2) is 9.67 Å². The number of thiazole rings is 1. The molecule has 7 rings (SSSR count). The number of rotatable bonds is 4. The van der Waals surface area contributed by atoms with E-state index in [9.17, 15) is 4.79 Å². The van der Waals surface area contributed by atoms with Crippen molar-refractivity contribution < 1.29 is 4.79 Å². The van der Waals surface area contributed by atoms with E-state index in [1.165, 1.54) is 0 Å². The van der Waals surface area contributed by atoms with Gasteiger partial charge < -0.3 is 4.90 Å². The minimum Gasteiger partial charge on any atom is -0.352 e. The number of hydrogen-bond acceptors (Lipinski definition) is 5. The molecular formula is C30H26N4OS. The molecule has 5 nitrogen and oxygen atoms in total. The van der Waals surface area contributed by atoms with Crippen molar-refractivity contribution in [3.63, 3.8) is 0 Å². The summed E-state index contributed by atoms with van der Waals surface area (Å²) in [7, 11) is 0. The predicted octanol–water partition coefficient (Wildman–Crippen LogP) is 6.14. The fourth-order valence-corrected chi connectivity index (χ4v) is 7.38. The van der Waals surface area contributed by atoms with Gasteiger partial charge in [0.1, 0.15) is 16.2 Å². The van der Waals surface area contributed by atoms with Crippen molar-refractivity contribution in [3.05, 3.63) is 107 Å². The molecular weight excluding hydrogens is 464 g/mol. The zero-order valence-electron chi connectivity index (χ0n) is 20.1. The second-order valence-corrected chi connectivity index (χ2v) is 10.8. The molecule has 1 fully saturated rings. The van der Waals surface area contributed by atoms with Gasteiger partial charge in [-0.15, -0.1) is 11.3 Å². The lowest BCUT2D eigenvalue weighted by Gasteiger charge is -2.45. The Morgan fingerprint density at radius 3 is 2.47 bits per heavy atom. The Kier molecular flexibility index (Phi) is 4.86. The van der Waals surface area contributed by atoms with Gasteiger partial charge in [0.25, 0.3) is 0 Å². The normalized spacial score (nSPS) is 20.9. The molecule has 0 saturated carbocycles. The van der Waals surface area contributed by atoms with E-state index in [-0.39, 0.29) is 11.8 Å². The lowest BCUT2D eigenvalue weighted by molar-refractivity contribution is 0.0849. The molecule has 178 valence electrons. The summed E-state index contributed by atoms with van der Waals surface area (Å²) in [6, 6.07) is 28.4. The number of benzene rings is 3. The maximum absolute atomic E-state index is 14.7. The topological polar surface area (TPSA) is 51.0 Å². The van der Waals surface area contributed by atoms with Gasteiger partial charge in [-0.05, 0) is 50.5 Å². The highest BCUT2D eigenvalue weighted by Crippen LogP contribution is 2.51. The van der Waals surface area contributed by atoms with Crippen LogP contribution in [0.15, 0.2) is 84.9 Å². The number of para-hydroxylation sites is 2. The molecule has 2 aliphatic rings. The summed E-state index contributed by atoms with van der Waals surface area (Å²) < 4.78 is 3.21. The molecule has 2 atom stereocenters. The molecule has 0 N–H and O–H groups in total. The number of aromatic nitrogens is 3. The van der Waals surface area contributed by atoms with Crippen molar-refractivity contribution in [1.29, 1.82) is 0 Å². The molecule has 0 bridgehead atoms. The Morgan fingerprint density at radius 2 is 1.69 bits per heavy atom. The Balaban J connectivity index is 1.49. The highest BCUT2D eigenvalue weighted by atomic mass is 32.1. The van der Waals surface area contributed by atoms with Gasteiger partial charge in [0.15, 0.2) is 5.78 Å². The van der Waals surface area contributed by atoms with Crippen molar-refractivity contribution in [2.45, 2.75) is 37.6 Å². The number of anilines is 1. The smallest absolute Gasteiger partial charge is 0.178 e. The lowest BCUT2D eigenvalue weighted by Crippen LogP contribution is -2.57. The van der Waals surface area contributed by atoms with Crippen LogP contribution >= 0.6 is 11.3 Å². The van der Waals surface area contributed by atoms with Crippen molar-refractivity contribution in [2.75, 3.05) is 11.4 Å². The van der Waals surface area contributed by atoms with Crippen LogP contribution in [-0.4, -0.2) is 33.1 Å². The monoisotopic (exact) mass is 490 g/mol. The van der Waals surface area contributed by atoms with Crippen LogP contribution in [0, 0.1) is 6.92 Å². The van der Waals surface area contributed by atoms with E-state index in [0.717, 1.165) is 62.9 Å². The number of ketones is 1. The molecule has 1 saturated heterocycles. The van der Waals surface area contributed by atoms with E-state index >= 15 is 0 Å². The summed E-state index contributed by atoms with van der Waals surface area (Å²) in [5.74, 6) is 1.30. The van der Waals surface area contributed by atoms with E-state index in [0.29, 0.717) is 6.42 Å². The summed E-state index contributed by atoms with van der Waals surface area (Å²) in [6.07, 6.45) is 2.60. The van der Waals surface area contributed by atoms with Gasteiger partial charge in [0, 0.05) is 17.7 Å². The molecule has 3 aromatic carbocycles. The van der Waals surface area contributed by atoms with E-state index < -0.39 is 5.41 Å². The van der Waals surface area contributed by atoms with Crippen LogP contribution in [0.4, 0.5) is 5.82 Å². The summed E-state index contributed by atoms with van der Waals surface area (Å²) in [5.41, 5.74) is 4.13. The summed E-state index contributed by atoms with van der Waals surface area (Å²) in [4.78, 5) is 22.2. The molecule has 6 heteroatoms. The van der Waals surface area contributed by atoms with E-state index in [1.54, 1.807) is 11.3 Å². The first-order chi connectivity index (χ1) is 17.7. The Bertz CT molecular complexity index is 1560. The minimum absolute atomic E-state index is 0.0248. The third-order valence-corrected chi connectivity index (χ3v) is 9.04. The summed E-state index contributed by atoms with van der Waals surface area (Å²) in [6.45, 7) is 2.98. The average molecular weight is 491 g/mol. The maximum Gasteiger partial charge on any atom is 0.178 e. The Morgan fingerprint density at radius 1 is 0.972 bits per heavy atom. The third kappa shape index (κ3) is 3.04. The van der Waals surface area contributed by atoms with Crippen LogP contribution in [0.1, 0.15) is 39.5 Å². The second kappa shape index (κ2) is 8.14. The van der Waals surface area contributed by atoms with Gasteiger partial charge >= 0.3 is 0 Å².